The quantitative estimate of drug-likeness (QED) is 0.293. The zero-order valence-electron chi connectivity index (χ0n) is 19.1. The van der Waals surface area contributed by atoms with E-state index < -0.39 is 5.97 Å². The number of benzene rings is 3. The summed E-state index contributed by atoms with van der Waals surface area (Å²) in [5.74, 6) is 2.10. The summed E-state index contributed by atoms with van der Waals surface area (Å²) in [5.41, 5.74) is 1.27. The molecule has 35 heavy (non-hydrogen) atoms. The summed E-state index contributed by atoms with van der Waals surface area (Å²) >= 11 is 0. The maximum Gasteiger partial charge on any atom is 0.343 e. The molecule has 0 bridgehead atoms. The average molecular weight is 476 g/mol. The number of carbonyl (C=O) groups excluding carboxylic acids is 2. The Hall–Kier alpha value is -4.66. The van der Waals surface area contributed by atoms with Crippen LogP contribution in [0, 0.1) is 0 Å². The molecule has 2 aliphatic rings. The van der Waals surface area contributed by atoms with Gasteiger partial charge in [0.2, 0.25) is 18.3 Å². The number of allylic oxidation sites excluding steroid dienone is 1. The maximum absolute atomic E-state index is 12.9. The molecule has 0 saturated carbocycles. The average Bonchev–Trinajstić information content (AvgIpc) is 3.46. The van der Waals surface area contributed by atoms with Gasteiger partial charge in [-0.25, -0.2) is 4.79 Å². The Morgan fingerprint density at radius 2 is 1.60 bits per heavy atom. The van der Waals surface area contributed by atoms with Crippen LogP contribution in [0.1, 0.15) is 26.3 Å². The van der Waals surface area contributed by atoms with Crippen LogP contribution in [-0.4, -0.2) is 39.9 Å². The van der Waals surface area contributed by atoms with E-state index in [1.54, 1.807) is 42.5 Å². The molecule has 0 atom stereocenters. The highest BCUT2D eigenvalue weighted by Crippen LogP contribution is 2.40. The third-order valence-electron chi connectivity index (χ3n) is 5.45. The van der Waals surface area contributed by atoms with Crippen LogP contribution < -0.4 is 33.2 Å². The Morgan fingerprint density at radius 1 is 0.857 bits per heavy atom. The van der Waals surface area contributed by atoms with E-state index in [0.29, 0.717) is 45.4 Å². The fraction of sp³-hybridized carbons (Fsp3) is 0.154. The predicted octanol–water partition coefficient (Wildman–Crippen LogP) is 4.28. The number of rotatable bonds is 6. The van der Waals surface area contributed by atoms with Crippen molar-refractivity contribution in [2.75, 3.05) is 28.1 Å². The normalized spacial score (nSPS) is 14.4. The van der Waals surface area contributed by atoms with Gasteiger partial charge in [-0.05, 0) is 54.1 Å². The Balaban J connectivity index is 1.37. The molecule has 0 spiro atoms. The van der Waals surface area contributed by atoms with E-state index in [0.717, 1.165) is 0 Å². The fourth-order valence-electron chi connectivity index (χ4n) is 3.76. The second-order valence-electron chi connectivity index (χ2n) is 7.51. The first kappa shape index (κ1) is 22.1. The van der Waals surface area contributed by atoms with Gasteiger partial charge in [0.05, 0.1) is 32.5 Å². The lowest BCUT2D eigenvalue weighted by Crippen LogP contribution is -2.08. The van der Waals surface area contributed by atoms with Gasteiger partial charge < -0.3 is 33.2 Å². The lowest BCUT2D eigenvalue weighted by Gasteiger charge is -2.13. The van der Waals surface area contributed by atoms with Crippen molar-refractivity contribution in [3.8, 4) is 40.2 Å². The molecule has 0 N–H and O–H groups in total. The Labute approximate surface area is 200 Å². The Kier molecular flexibility index (Phi) is 5.66. The first-order valence-electron chi connectivity index (χ1n) is 10.5. The van der Waals surface area contributed by atoms with Gasteiger partial charge in [0.25, 0.3) is 0 Å². The van der Waals surface area contributed by atoms with Crippen LogP contribution in [0.15, 0.2) is 54.3 Å². The highest BCUT2D eigenvalue weighted by molar-refractivity contribution is 6.14. The van der Waals surface area contributed by atoms with Crippen LogP contribution in [0.4, 0.5) is 0 Å². The molecule has 0 amide bonds. The molecule has 2 aliphatic heterocycles. The van der Waals surface area contributed by atoms with E-state index in [2.05, 4.69) is 0 Å². The third kappa shape index (κ3) is 4.08. The number of carbonyl (C=O) groups is 2. The van der Waals surface area contributed by atoms with Crippen LogP contribution in [0.2, 0.25) is 0 Å². The molecule has 0 saturated heterocycles. The number of hydrogen-bond donors (Lipinski definition) is 0. The topological polar surface area (TPSA) is 98.8 Å². The van der Waals surface area contributed by atoms with Crippen molar-refractivity contribution in [3.63, 3.8) is 0 Å². The number of Topliss-reactive ketones (excluding diaryl/α,β-unsaturated/α-hetero) is 1. The molecule has 2 heterocycles. The monoisotopic (exact) mass is 476 g/mol. The Bertz CT molecular complexity index is 1350. The third-order valence-corrected chi connectivity index (χ3v) is 5.45. The second kappa shape index (κ2) is 8.94. The summed E-state index contributed by atoms with van der Waals surface area (Å²) in [7, 11) is 4.52. The molecular weight excluding hydrogens is 456 g/mol. The van der Waals surface area contributed by atoms with Gasteiger partial charge in [-0.3, -0.25) is 4.79 Å². The van der Waals surface area contributed by atoms with Crippen LogP contribution >= 0.6 is 0 Å². The largest absolute Gasteiger partial charge is 0.493 e. The Morgan fingerprint density at radius 3 is 2.31 bits per heavy atom. The summed E-state index contributed by atoms with van der Waals surface area (Å²) < 4.78 is 37.9. The van der Waals surface area contributed by atoms with Gasteiger partial charge in [-0.1, -0.05) is 0 Å². The zero-order chi connectivity index (χ0) is 24.5. The highest BCUT2D eigenvalue weighted by atomic mass is 16.7. The standard InChI is InChI=1S/C26H20O9/c1-29-22-9-14(10-23(30-2)25(22)31-3)8-21-24(27)17-6-5-16(12-19(17)35-21)34-26(28)15-4-7-18-20(11-15)33-13-32-18/h4-12H,13H2,1-3H3. The molecule has 0 aromatic heterocycles. The lowest BCUT2D eigenvalue weighted by molar-refractivity contribution is 0.0734. The van der Waals surface area contributed by atoms with Crippen LogP contribution in [-0.2, 0) is 0 Å². The van der Waals surface area contributed by atoms with E-state index in [-0.39, 0.29) is 29.8 Å². The van der Waals surface area contributed by atoms with Gasteiger partial charge in [-0.15, -0.1) is 0 Å². The number of esters is 1. The molecular formula is C26H20O9. The van der Waals surface area contributed by atoms with E-state index >= 15 is 0 Å². The van der Waals surface area contributed by atoms with Crippen LogP contribution in [0.3, 0.4) is 0 Å². The van der Waals surface area contributed by atoms with Crippen molar-refractivity contribution in [2.45, 2.75) is 0 Å². The number of ether oxygens (including phenoxy) is 7. The van der Waals surface area contributed by atoms with E-state index in [1.165, 1.54) is 33.5 Å². The summed E-state index contributed by atoms with van der Waals surface area (Å²) in [6.07, 6.45) is 1.57. The summed E-state index contributed by atoms with van der Waals surface area (Å²) in [6.45, 7) is 0.107. The molecule has 0 fully saturated rings. The SMILES string of the molecule is COc1cc(C=C2Oc3cc(OC(=O)c4ccc5c(c4)OCO5)ccc3C2=O)cc(OC)c1OC. The molecule has 5 rings (SSSR count). The first-order valence-corrected chi connectivity index (χ1v) is 10.5. The van der Waals surface area contributed by atoms with Crippen molar-refractivity contribution in [1.29, 1.82) is 0 Å². The number of methoxy groups -OCH3 is 3. The molecule has 9 nitrogen and oxygen atoms in total. The molecule has 0 unspecified atom stereocenters. The van der Waals surface area contributed by atoms with Crippen molar-refractivity contribution in [2.24, 2.45) is 0 Å². The fourth-order valence-corrected chi connectivity index (χ4v) is 3.76. The van der Waals surface area contributed by atoms with Crippen LogP contribution in [0.25, 0.3) is 6.08 Å². The van der Waals surface area contributed by atoms with E-state index in [9.17, 15) is 9.59 Å². The summed E-state index contributed by atoms with van der Waals surface area (Å²) in [6, 6.07) is 12.8. The molecule has 3 aromatic rings. The zero-order valence-corrected chi connectivity index (χ0v) is 19.1. The van der Waals surface area contributed by atoms with Crippen molar-refractivity contribution in [1.82, 2.24) is 0 Å². The van der Waals surface area contributed by atoms with Crippen molar-refractivity contribution in [3.05, 3.63) is 71.0 Å². The van der Waals surface area contributed by atoms with Crippen LogP contribution in [0.5, 0.6) is 40.2 Å². The van der Waals surface area contributed by atoms with Gasteiger partial charge in [0.15, 0.2) is 28.8 Å². The van der Waals surface area contributed by atoms with Gasteiger partial charge >= 0.3 is 5.97 Å². The van der Waals surface area contributed by atoms with Gasteiger partial charge in [0.1, 0.15) is 11.5 Å². The second-order valence-corrected chi connectivity index (χ2v) is 7.51. The smallest absolute Gasteiger partial charge is 0.343 e. The maximum atomic E-state index is 12.9. The van der Waals surface area contributed by atoms with Gasteiger partial charge in [-0.2, -0.15) is 0 Å². The molecule has 0 aliphatic carbocycles. The van der Waals surface area contributed by atoms with E-state index in [4.69, 9.17) is 33.2 Å². The number of hydrogen-bond acceptors (Lipinski definition) is 9. The molecule has 0 radical (unpaired) electrons. The first-order chi connectivity index (χ1) is 17.0. The van der Waals surface area contributed by atoms with E-state index in [1.807, 2.05) is 0 Å². The predicted molar refractivity (Wildman–Crippen MR) is 123 cm³/mol. The molecule has 9 heteroatoms. The van der Waals surface area contributed by atoms with Crippen molar-refractivity contribution < 1.29 is 42.7 Å². The highest BCUT2D eigenvalue weighted by Gasteiger charge is 2.28. The minimum Gasteiger partial charge on any atom is -0.493 e. The summed E-state index contributed by atoms with van der Waals surface area (Å²) in [5, 5.41) is 0. The summed E-state index contributed by atoms with van der Waals surface area (Å²) in [4.78, 5) is 25.5. The number of ketones is 1. The van der Waals surface area contributed by atoms with Gasteiger partial charge in [0, 0.05) is 6.07 Å². The minimum absolute atomic E-state index is 0.105. The van der Waals surface area contributed by atoms with Crippen molar-refractivity contribution >= 4 is 17.8 Å². The molecule has 3 aromatic carbocycles. The molecule has 178 valence electrons. The minimum atomic E-state index is -0.583. The number of fused-ring (bicyclic) bond motifs is 2. The lowest BCUT2D eigenvalue weighted by atomic mass is 10.1.